The van der Waals surface area contributed by atoms with Crippen LogP contribution in [0.25, 0.3) is 0 Å². The van der Waals surface area contributed by atoms with E-state index in [2.05, 4.69) is 15.6 Å². The number of nitrogens with two attached hydrogens (primary N) is 1. The molecule has 1 heterocycles. The van der Waals surface area contributed by atoms with Gasteiger partial charge in [0.05, 0.1) is 6.54 Å². The van der Waals surface area contributed by atoms with Crippen molar-refractivity contribution in [2.24, 2.45) is 10.7 Å². The Kier molecular flexibility index (Phi) is 3.32. The van der Waals surface area contributed by atoms with E-state index in [1.165, 1.54) is 12.8 Å². The second kappa shape index (κ2) is 4.90. The Bertz CT molecular complexity index is 434. The molecule has 17 heavy (non-hydrogen) atoms. The molecule has 6 nitrogen and oxygen atoms in total. The highest BCUT2D eigenvalue weighted by Gasteiger charge is 2.22. The monoisotopic (exact) mass is 236 g/mol. The molecule has 92 valence electrons. The number of rotatable bonds is 4. The summed E-state index contributed by atoms with van der Waals surface area (Å²) in [6.45, 7) is 0.472. The van der Waals surface area contributed by atoms with Gasteiger partial charge in [-0.25, -0.2) is 0 Å². The number of hydrogen-bond acceptors (Lipinski definition) is 3. The highest BCUT2D eigenvalue weighted by molar-refractivity contribution is 5.89. The zero-order chi connectivity index (χ0) is 12.3. The summed E-state index contributed by atoms with van der Waals surface area (Å²) in [6.07, 6.45) is 2.38. The molecule has 1 aliphatic carbocycles. The molecular weight excluding hydrogens is 220 g/mol. The van der Waals surface area contributed by atoms with Gasteiger partial charge in [0.1, 0.15) is 5.76 Å². The normalized spacial score (nSPS) is 15.7. The number of hydrogen-bond donors (Lipinski definition) is 3. The number of carbonyl (C=O) groups is 1. The summed E-state index contributed by atoms with van der Waals surface area (Å²) in [7, 11) is 1.72. The summed E-state index contributed by atoms with van der Waals surface area (Å²) < 4.78 is 5.24. The topological polar surface area (TPSA) is 92.6 Å². The van der Waals surface area contributed by atoms with Gasteiger partial charge >= 0.3 is 0 Å². The summed E-state index contributed by atoms with van der Waals surface area (Å²) in [5, 5.41) is 6.35. The third kappa shape index (κ3) is 3.24. The lowest BCUT2D eigenvalue weighted by Crippen LogP contribution is -2.37. The molecule has 0 radical (unpaired) electrons. The Morgan fingerprint density at radius 2 is 2.35 bits per heavy atom. The van der Waals surface area contributed by atoms with Gasteiger partial charge in [-0.3, -0.25) is 9.79 Å². The third-order valence-corrected chi connectivity index (χ3v) is 2.48. The molecule has 0 aromatic carbocycles. The molecule has 0 spiro atoms. The Balaban J connectivity index is 1.84. The lowest BCUT2D eigenvalue weighted by Gasteiger charge is -2.09. The van der Waals surface area contributed by atoms with Crippen molar-refractivity contribution in [1.29, 1.82) is 0 Å². The zero-order valence-electron chi connectivity index (χ0n) is 9.69. The van der Waals surface area contributed by atoms with E-state index in [1.54, 1.807) is 19.2 Å². The quantitative estimate of drug-likeness (QED) is 0.514. The maximum Gasteiger partial charge on any atom is 0.284 e. The van der Waals surface area contributed by atoms with Crippen LogP contribution in [0.5, 0.6) is 0 Å². The fourth-order valence-electron chi connectivity index (χ4n) is 1.39. The van der Waals surface area contributed by atoms with Gasteiger partial charge in [0.25, 0.3) is 5.91 Å². The average Bonchev–Trinajstić information content (AvgIpc) is 2.99. The van der Waals surface area contributed by atoms with Gasteiger partial charge in [-0.15, -0.1) is 0 Å². The van der Waals surface area contributed by atoms with Gasteiger partial charge in [-0.05, 0) is 25.0 Å². The van der Waals surface area contributed by atoms with Gasteiger partial charge in [0.15, 0.2) is 11.7 Å². The number of amides is 1. The predicted octanol–water partition coefficient (Wildman–Crippen LogP) is 0.206. The van der Waals surface area contributed by atoms with Crippen LogP contribution in [0.1, 0.15) is 29.2 Å². The van der Waals surface area contributed by atoms with E-state index in [0.29, 0.717) is 18.3 Å². The first-order valence-corrected chi connectivity index (χ1v) is 5.54. The average molecular weight is 236 g/mol. The van der Waals surface area contributed by atoms with Crippen molar-refractivity contribution >= 4 is 11.9 Å². The van der Waals surface area contributed by atoms with E-state index in [9.17, 15) is 4.79 Å². The van der Waals surface area contributed by atoms with Crippen LogP contribution >= 0.6 is 0 Å². The maximum atomic E-state index is 10.8. The first-order valence-electron chi connectivity index (χ1n) is 5.54. The number of aliphatic imine (C=N–C) groups is 1. The van der Waals surface area contributed by atoms with Crippen molar-refractivity contribution in [1.82, 2.24) is 10.6 Å². The van der Waals surface area contributed by atoms with Crippen LogP contribution in [0, 0.1) is 0 Å². The van der Waals surface area contributed by atoms with Gasteiger partial charge < -0.3 is 20.8 Å². The Morgan fingerprint density at radius 3 is 2.88 bits per heavy atom. The number of carbonyl (C=O) groups excluding carboxylic acids is 1. The summed E-state index contributed by atoms with van der Waals surface area (Å²) >= 11 is 0. The summed E-state index contributed by atoms with van der Waals surface area (Å²) in [5.74, 6) is 1.01. The maximum absolute atomic E-state index is 10.8. The third-order valence-electron chi connectivity index (χ3n) is 2.48. The molecule has 0 saturated heterocycles. The Morgan fingerprint density at radius 1 is 1.59 bits per heavy atom. The first-order chi connectivity index (χ1) is 8.19. The summed E-state index contributed by atoms with van der Waals surface area (Å²) in [5.41, 5.74) is 5.09. The molecular formula is C11H16N4O2. The van der Waals surface area contributed by atoms with Crippen molar-refractivity contribution in [2.75, 3.05) is 7.05 Å². The van der Waals surface area contributed by atoms with Crippen LogP contribution in [0.2, 0.25) is 0 Å². The summed E-state index contributed by atoms with van der Waals surface area (Å²) in [4.78, 5) is 14.9. The molecule has 0 atom stereocenters. The fourth-order valence-corrected chi connectivity index (χ4v) is 1.39. The molecule has 4 N–H and O–H groups in total. The van der Waals surface area contributed by atoms with Gasteiger partial charge in [-0.1, -0.05) is 0 Å². The summed E-state index contributed by atoms with van der Waals surface area (Å²) in [6, 6.07) is 3.83. The minimum atomic E-state index is -0.559. The molecule has 1 amide bonds. The van der Waals surface area contributed by atoms with Crippen LogP contribution in [0.4, 0.5) is 0 Å². The van der Waals surface area contributed by atoms with Crippen molar-refractivity contribution < 1.29 is 9.21 Å². The van der Waals surface area contributed by atoms with E-state index >= 15 is 0 Å². The van der Waals surface area contributed by atoms with E-state index in [0.717, 1.165) is 5.96 Å². The number of primary amides is 1. The molecule has 6 heteroatoms. The molecule has 1 aromatic rings. The minimum Gasteiger partial charge on any atom is -0.454 e. The van der Waals surface area contributed by atoms with Gasteiger partial charge in [0.2, 0.25) is 0 Å². The lowest BCUT2D eigenvalue weighted by molar-refractivity contribution is 0.0972. The molecule has 0 unspecified atom stereocenters. The molecule has 1 fully saturated rings. The van der Waals surface area contributed by atoms with Gasteiger partial charge in [0, 0.05) is 13.1 Å². The van der Waals surface area contributed by atoms with E-state index in [-0.39, 0.29) is 5.76 Å². The second-order valence-electron chi connectivity index (χ2n) is 3.97. The van der Waals surface area contributed by atoms with Crippen molar-refractivity contribution in [3.63, 3.8) is 0 Å². The number of nitrogens with one attached hydrogen (secondary N) is 2. The van der Waals surface area contributed by atoms with Crippen molar-refractivity contribution in [3.8, 4) is 0 Å². The first kappa shape index (κ1) is 11.5. The fraction of sp³-hybridized carbons (Fsp3) is 0.455. The molecule has 1 saturated carbocycles. The smallest absolute Gasteiger partial charge is 0.284 e. The highest BCUT2D eigenvalue weighted by atomic mass is 16.3. The minimum absolute atomic E-state index is 0.173. The Labute approximate surface area is 99.3 Å². The number of furan rings is 1. The van der Waals surface area contributed by atoms with Crippen molar-refractivity contribution in [2.45, 2.75) is 25.4 Å². The SMILES string of the molecule is CN=C(NCc1ccc(C(N)=O)o1)NC1CC1. The van der Waals surface area contributed by atoms with Crippen LogP contribution in [-0.4, -0.2) is 25.0 Å². The van der Waals surface area contributed by atoms with E-state index < -0.39 is 5.91 Å². The number of nitrogens with zero attached hydrogens (tertiary/aromatic N) is 1. The van der Waals surface area contributed by atoms with E-state index in [4.69, 9.17) is 10.2 Å². The van der Waals surface area contributed by atoms with Crippen molar-refractivity contribution in [3.05, 3.63) is 23.7 Å². The second-order valence-corrected chi connectivity index (χ2v) is 3.97. The lowest BCUT2D eigenvalue weighted by atomic mass is 10.4. The molecule has 2 rings (SSSR count). The molecule has 1 aromatic heterocycles. The van der Waals surface area contributed by atoms with Crippen LogP contribution in [0.15, 0.2) is 21.5 Å². The molecule has 1 aliphatic rings. The molecule has 0 aliphatic heterocycles. The van der Waals surface area contributed by atoms with Crippen LogP contribution in [-0.2, 0) is 6.54 Å². The standard InChI is InChI=1S/C11H16N4O2/c1-13-11(15-7-2-3-7)14-6-8-4-5-9(17-8)10(12)16/h4-5,7H,2-3,6H2,1H3,(H2,12,16)(H2,13,14,15). The van der Waals surface area contributed by atoms with Crippen LogP contribution < -0.4 is 16.4 Å². The van der Waals surface area contributed by atoms with Gasteiger partial charge in [-0.2, -0.15) is 0 Å². The largest absolute Gasteiger partial charge is 0.454 e. The molecule has 0 bridgehead atoms. The Hall–Kier alpha value is -1.98. The zero-order valence-corrected chi connectivity index (χ0v) is 9.69. The van der Waals surface area contributed by atoms with E-state index in [1.807, 2.05) is 0 Å². The predicted molar refractivity (Wildman–Crippen MR) is 63.6 cm³/mol. The number of guanidine groups is 1. The van der Waals surface area contributed by atoms with Crippen LogP contribution in [0.3, 0.4) is 0 Å². The highest BCUT2D eigenvalue weighted by Crippen LogP contribution is 2.18.